The van der Waals surface area contributed by atoms with E-state index in [4.69, 9.17) is 0 Å². The van der Waals surface area contributed by atoms with Gasteiger partial charge in [0.1, 0.15) is 0 Å². The summed E-state index contributed by atoms with van der Waals surface area (Å²) in [5, 5.41) is 0. The molecule has 10 aromatic carbocycles. The molecule has 3 aliphatic carbocycles. The summed E-state index contributed by atoms with van der Waals surface area (Å²) in [6.07, 6.45) is 0. The predicted octanol–water partition coefficient (Wildman–Crippen LogP) is 16.2. The van der Waals surface area contributed by atoms with Crippen LogP contribution in [-0.2, 0) is 10.8 Å². The van der Waals surface area contributed by atoms with Gasteiger partial charge in [-0.2, -0.15) is 0 Å². The lowest BCUT2D eigenvalue weighted by Gasteiger charge is -2.34. The third-order valence-corrected chi connectivity index (χ3v) is 14.6. The zero-order chi connectivity index (χ0) is 42.4. The van der Waals surface area contributed by atoms with E-state index in [0.29, 0.717) is 0 Å². The highest BCUT2D eigenvalue weighted by Gasteiger charge is 2.53. The number of anilines is 3. The Hall–Kier alpha value is -8.00. The minimum atomic E-state index is -0.488. The van der Waals surface area contributed by atoms with E-state index in [1.54, 1.807) is 0 Å². The van der Waals surface area contributed by atoms with Gasteiger partial charge in [-0.1, -0.05) is 212 Å². The summed E-state index contributed by atoms with van der Waals surface area (Å²) in [5.41, 5.74) is 24.4. The van der Waals surface area contributed by atoms with Crippen molar-refractivity contribution in [3.8, 4) is 55.6 Å². The molecule has 0 saturated heterocycles. The van der Waals surface area contributed by atoms with Crippen LogP contribution in [0.5, 0.6) is 0 Å². The summed E-state index contributed by atoms with van der Waals surface area (Å²) < 4.78 is 0. The van der Waals surface area contributed by atoms with Crippen LogP contribution in [0.2, 0.25) is 0 Å². The first-order valence-corrected chi connectivity index (χ1v) is 22.4. The van der Waals surface area contributed by atoms with Crippen molar-refractivity contribution in [1.29, 1.82) is 0 Å². The number of rotatable bonds is 6. The molecule has 1 unspecified atom stereocenters. The minimum absolute atomic E-state index is 0.345. The molecular weight excluding hydrogens is 771 g/mol. The number of hydrogen-bond donors (Lipinski definition) is 0. The smallest absolute Gasteiger partial charge is 0.0731 e. The number of hydrogen-bond acceptors (Lipinski definition) is 1. The zero-order valence-electron chi connectivity index (χ0n) is 35.5. The zero-order valence-corrected chi connectivity index (χ0v) is 35.5. The van der Waals surface area contributed by atoms with Crippen LogP contribution in [0.1, 0.15) is 45.9 Å². The number of benzene rings is 10. The van der Waals surface area contributed by atoms with E-state index in [0.717, 1.165) is 17.1 Å². The summed E-state index contributed by atoms with van der Waals surface area (Å²) in [4.78, 5) is 2.52. The van der Waals surface area contributed by atoms with E-state index in [-0.39, 0.29) is 5.41 Å². The molecule has 0 amide bonds. The van der Waals surface area contributed by atoms with Crippen molar-refractivity contribution in [2.75, 3.05) is 4.90 Å². The summed E-state index contributed by atoms with van der Waals surface area (Å²) in [7, 11) is 0. The molecule has 0 N–H and O–H groups in total. The Morgan fingerprint density at radius 1 is 0.297 bits per heavy atom. The molecule has 0 bridgehead atoms. The number of para-hydroxylation sites is 1. The fourth-order valence-corrected chi connectivity index (χ4v) is 11.9. The van der Waals surface area contributed by atoms with Gasteiger partial charge in [0.15, 0.2) is 0 Å². The van der Waals surface area contributed by atoms with E-state index >= 15 is 0 Å². The molecule has 1 nitrogen and oxygen atoms in total. The molecule has 13 rings (SSSR count). The number of nitrogens with zero attached hydrogens (tertiary/aromatic N) is 1. The van der Waals surface area contributed by atoms with Gasteiger partial charge < -0.3 is 4.90 Å². The first-order valence-electron chi connectivity index (χ1n) is 22.4. The highest BCUT2D eigenvalue weighted by molar-refractivity contribution is 6.01. The fraction of sp³-hybridized carbons (Fsp3) is 0.0476. The average Bonchev–Trinajstić information content (AvgIpc) is 3.94. The van der Waals surface area contributed by atoms with Crippen LogP contribution < -0.4 is 4.90 Å². The first kappa shape index (κ1) is 36.6. The summed E-state index contributed by atoms with van der Waals surface area (Å²) in [5.74, 6) is 0. The van der Waals surface area contributed by atoms with E-state index in [1.165, 1.54) is 94.6 Å². The Morgan fingerprint density at radius 2 is 0.734 bits per heavy atom. The largest absolute Gasteiger partial charge is 0.310 e. The Kier molecular flexibility index (Phi) is 8.02. The Bertz CT molecular complexity index is 3410. The minimum Gasteiger partial charge on any atom is -0.310 e. The molecule has 300 valence electrons. The summed E-state index contributed by atoms with van der Waals surface area (Å²) in [6, 6.07) is 90.5. The monoisotopic (exact) mass is 813 g/mol. The Morgan fingerprint density at radius 3 is 1.39 bits per heavy atom. The Balaban J connectivity index is 1.09. The van der Waals surface area contributed by atoms with Crippen LogP contribution in [-0.4, -0.2) is 0 Å². The van der Waals surface area contributed by atoms with Crippen molar-refractivity contribution in [1.82, 2.24) is 0 Å². The van der Waals surface area contributed by atoms with Crippen LogP contribution in [0.3, 0.4) is 0 Å². The highest BCUT2D eigenvalue weighted by Crippen LogP contribution is 2.65. The molecule has 0 aliphatic heterocycles. The van der Waals surface area contributed by atoms with E-state index in [9.17, 15) is 0 Å². The Labute approximate surface area is 375 Å². The molecule has 3 aliphatic rings. The lowest BCUT2D eigenvalue weighted by molar-refractivity contribution is 0.714. The lowest BCUT2D eigenvalue weighted by Crippen LogP contribution is -2.26. The maximum absolute atomic E-state index is 2.52. The first-order chi connectivity index (χ1) is 31.7. The van der Waals surface area contributed by atoms with Gasteiger partial charge in [0.25, 0.3) is 0 Å². The van der Waals surface area contributed by atoms with Crippen LogP contribution >= 0.6 is 0 Å². The van der Waals surface area contributed by atoms with Crippen molar-refractivity contribution in [2.45, 2.75) is 17.8 Å². The van der Waals surface area contributed by atoms with Gasteiger partial charge in [0, 0.05) is 22.4 Å². The maximum atomic E-state index is 2.52. The highest BCUT2D eigenvalue weighted by atomic mass is 15.1. The van der Waals surface area contributed by atoms with Crippen molar-refractivity contribution in [2.24, 2.45) is 0 Å². The molecule has 64 heavy (non-hydrogen) atoms. The van der Waals surface area contributed by atoms with Crippen LogP contribution in [0.15, 0.2) is 243 Å². The van der Waals surface area contributed by atoms with Crippen LogP contribution in [0, 0.1) is 0 Å². The molecule has 10 aromatic rings. The van der Waals surface area contributed by atoms with Gasteiger partial charge in [-0.25, -0.2) is 0 Å². The quantitative estimate of drug-likeness (QED) is 0.162. The standard InChI is InChI=1S/C63H43N/c1-62(44-23-6-3-7-24-44)55-33-13-8-26-47(55)51-39-38-46(41-59(51)62)64(45-25-18-22-43(40-45)42-20-4-2-5-21-42)60-37-17-12-30-52(60)54-32-19-31-53-50-29-11-16-36-58(50)63(61(53)54)56-34-14-9-27-48(56)49-28-10-15-35-57(49)63/h2-41H,1H3. The van der Waals surface area contributed by atoms with Crippen LogP contribution in [0.4, 0.5) is 17.1 Å². The third kappa shape index (κ3) is 5.01. The van der Waals surface area contributed by atoms with Gasteiger partial charge in [0.05, 0.1) is 11.1 Å². The third-order valence-electron chi connectivity index (χ3n) is 14.6. The molecule has 1 atom stereocenters. The molecule has 0 radical (unpaired) electrons. The van der Waals surface area contributed by atoms with E-state index in [2.05, 4.69) is 254 Å². The topological polar surface area (TPSA) is 3.24 Å². The van der Waals surface area contributed by atoms with Crippen molar-refractivity contribution in [3.63, 3.8) is 0 Å². The molecule has 1 spiro atoms. The number of fused-ring (bicyclic) bond motifs is 13. The second kappa shape index (κ2) is 14.0. The van der Waals surface area contributed by atoms with E-state index in [1.807, 2.05) is 0 Å². The molecule has 0 saturated carbocycles. The maximum Gasteiger partial charge on any atom is 0.0731 e. The van der Waals surface area contributed by atoms with Crippen molar-refractivity contribution >= 4 is 17.1 Å². The molecule has 0 aromatic heterocycles. The fourth-order valence-electron chi connectivity index (χ4n) is 11.9. The van der Waals surface area contributed by atoms with E-state index < -0.39 is 5.41 Å². The van der Waals surface area contributed by atoms with Gasteiger partial charge in [-0.05, 0) is 126 Å². The van der Waals surface area contributed by atoms with Gasteiger partial charge >= 0.3 is 0 Å². The lowest BCUT2D eigenvalue weighted by atomic mass is 9.68. The van der Waals surface area contributed by atoms with Crippen molar-refractivity contribution in [3.05, 3.63) is 282 Å². The summed E-state index contributed by atoms with van der Waals surface area (Å²) >= 11 is 0. The molecule has 0 fully saturated rings. The SMILES string of the molecule is CC1(c2ccccc2)c2ccccc2-c2ccc(N(c3cccc(-c4ccccc4)c3)c3ccccc3-c3cccc4c3C3(c5ccccc5-c5ccccc53)c3ccccc3-4)cc21. The molecule has 0 heterocycles. The second-order valence-corrected chi connectivity index (χ2v) is 17.7. The van der Waals surface area contributed by atoms with Gasteiger partial charge in [-0.3, -0.25) is 0 Å². The molecular formula is C63H43N. The average molecular weight is 814 g/mol. The second-order valence-electron chi connectivity index (χ2n) is 17.7. The van der Waals surface area contributed by atoms with Gasteiger partial charge in [-0.15, -0.1) is 0 Å². The van der Waals surface area contributed by atoms with Crippen molar-refractivity contribution < 1.29 is 0 Å². The summed E-state index contributed by atoms with van der Waals surface area (Å²) in [6.45, 7) is 2.41. The van der Waals surface area contributed by atoms with Crippen LogP contribution in [0.25, 0.3) is 55.6 Å². The van der Waals surface area contributed by atoms with Gasteiger partial charge in [0.2, 0.25) is 0 Å². The molecule has 1 heteroatoms. The predicted molar refractivity (Wildman–Crippen MR) is 266 cm³/mol. The normalized spacial score (nSPS) is 15.5.